The van der Waals surface area contributed by atoms with Crippen LogP contribution in [0.25, 0.3) is 11.0 Å². The molecule has 1 fully saturated rings. The number of fused-ring (bicyclic) bond motifs is 1. The number of aliphatic hydroxyl groups is 1. The average molecular weight is 352 g/mol. The summed E-state index contributed by atoms with van der Waals surface area (Å²) < 4.78 is 1.79. The van der Waals surface area contributed by atoms with Gasteiger partial charge in [-0.15, -0.1) is 0 Å². The van der Waals surface area contributed by atoms with Crippen LogP contribution in [0.15, 0.2) is 42.9 Å². The maximum absolute atomic E-state index is 9.02. The number of rotatable bonds is 5. The summed E-state index contributed by atoms with van der Waals surface area (Å²) >= 11 is 0. The van der Waals surface area contributed by atoms with E-state index in [4.69, 9.17) is 10.1 Å². The summed E-state index contributed by atoms with van der Waals surface area (Å²) in [5.41, 5.74) is 3.01. The normalized spacial score (nSPS) is 16.9. The number of aliphatic hydroxyl groups excluding tert-OH is 1. The highest BCUT2D eigenvalue weighted by molar-refractivity contribution is 5.74. The molecular weight excluding hydrogens is 328 g/mol. The van der Waals surface area contributed by atoms with Crippen molar-refractivity contribution in [3.8, 4) is 0 Å². The molecule has 4 heterocycles. The minimum Gasteiger partial charge on any atom is -0.394 e. The topological polar surface area (TPSA) is 70.3 Å². The SMILES string of the molecule is CC(c1ccc2cccnc2n1)N1CCN(c2cnn(CCO)c2)CC1. The zero-order chi connectivity index (χ0) is 17.9. The van der Waals surface area contributed by atoms with Crippen LogP contribution in [0, 0.1) is 0 Å². The van der Waals surface area contributed by atoms with E-state index in [0.29, 0.717) is 6.54 Å². The lowest BCUT2D eigenvalue weighted by atomic mass is 10.1. The average Bonchev–Trinajstić information content (AvgIpc) is 3.16. The van der Waals surface area contributed by atoms with Gasteiger partial charge in [-0.3, -0.25) is 9.58 Å². The second-order valence-corrected chi connectivity index (χ2v) is 6.67. The van der Waals surface area contributed by atoms with Crippen molar-refractivity contribution in [1.29, 1.82) is 0 Å². The molecule has 136 valence electrons. The number of anilines is 1. The second kappa shape index (κ2) is 7.39. The first-order valence-electron chi connectivity index (χ1n) is 9.08. The molecule has 0 spiro atoms. The van der Waals surface area contributed by atoms with Gasteiger partial charge >= 0.3 is 0 Å². The van der Waals surface area contributed by atoms with E-state index in [1.54, 1.807) is 10.9 Å². The van der Waals surface area contributed by atoms with Crippen molar-refractivity contribution in [3.63, 3.8) is 0 Å². The van der Waals surface area contributed by atoms with Crippen molar-refractivity contribution in [2.45, 2.75) is 19.5 Å². The lowest BCUT2D eigenvalue weighted by Gasteiger charge is -2.38. The van der Waals surface area contributed by atoms with Gasteiger partial charge in [0, 0.05) is 50.0 Å². The van der Waals surface area contributed by atoms with Crippen molar-refractivity contribution in [2.24, 2.45) is 0 Å². The van der Waals surface area contributed by atoms with Gasteiger partial charge in [0.15, 0.2) is 5.65 Å². The minimum atomic E-state index is 0.111. The summed E-state index contributed by atoms with van der Waals surface area (Å²) in [6, 6.07) is 8.46. The van der Waals surface area contributed by atoms with Gasteiger partial charge in [0.05, 0.1) is 30.7 Å². The Bertz CT molecular complexity index is 871. The van der Waals surface area contributed by atoms with Gasteiger partial charge in [0.25, 0.3) is 0 Å². The van der Waals surface area contributed by atoms with Crippen LogP contribution >= 0.6 is 0 Å². The molecule has 0 saturated carbocycles. The Balaban J connectivity index is 1.41. The summed E-state index contributed by atoms with van der Waals surface area (Å²) in [4.78, 5) is 13.9. The molecule has 0 amide bonds. The molecule has 4 rings (SSSR count). The van der Waals surface area contributed by atoms with E-state index in [2.05, 4.69) is 38.9 Å². The minimum absolute atomic E-state index is 0.111. The van der Waals surface area contributed by atoms with E-state index in [0.717, 1.165) is 48.6 Å². The first kappa shape index (κ1) is 16.9. The molecule has 0 aromatic carbocycles. The van der Waals surface area contributed by atoms with Gasteiger partial charge in [0.2, 0.25) is 0 Å². The summed E-state index contributed by atoms with van der Waals surface area (Å²) in [6.45, 7) is 6.75. The van der Waals surface area contributed by atoms with Crippen molar-refractivity contribution in [2.75, 3.05) is 37.7 Å². The Morgan fingerprint density at radius 1 is 1.15 bits per heavy atom. The first-order valence-corrected chi connectivity index (χ1v) is 9.08. The smallest absolute Gasteiger partial charge is 0.159 e. The van der Waals surface area contributed by atoms with Crippen LogP contribution < -0.4 is 4.90 Å². The Kier molecular flexibility index (Phi) is 4.81. The predicted molar refractivity (Wildman–Crippen MR) is 101 cm³/mol. The van der Waals surface area contributed by atoms with Crippen molar-refractivity contribution in [1.82, 2.24) is 24.6 Å². The maximum atomic E-state index is 9.02. The van der Waals surface area contributed by atoms with Gasteiger partial charge in [-0.1, -0.05) is 0 Å². The standard InChI is InChI=1S/C19H24N6O/c1-15(18-5-4-16-3-2-6-20-19(16)22-18)23-7-9-24(10-8-23)17-13-21-25(14-17)11-12-26/h2-6,13-15,26H,7-12H2,1H3. The second-order valence-electron chi connectivity index (χ2n) is 6.67. The molecule has 7 heteroatoms. The van der Waals surface area contributed by atoms with Crippen LogP contribution in [-0.4, -0.2) is 62.5 Å². The van der Waals surface area contributed by atoms with E-state index in [9.17, 15) is 0 Å². The van der Waals surface area contributed by atoms with Gasteiger partial charge in [-0.05, 0) is 31.2 Å². The fourth-order valence-corrected chi connectivity index (χ4v) is 3.50. The molecule has 1 unspecified atom stereocenters. The van der Waals surface area contributed by atoms with Crippen molar-refractivity contribution in [3.05, 3.63) is 48.5 Å². The van der Waals surface area contributed by atoms with Gasteiger partial charge in [-0.2, -0.15) is 5.10 Å². The number of pyridine rings is 2. The van der Waals surface area contributed by atoms with E-state index < -0.39 is 0 Å². The Hall–Kier alpha value is -2.51. The van der Waals surface area contributed by atoms with Gasteiger partial charge < -0.3 is 10.0 Å². The highest BCUT2D eigenvalue weighted by atomic mass is 16.3. The molecule has 1 atom stereocenters. The van der Waals surface area contributed by atoms with Crippen LogP contribution in [0.4, 0.5) is 5.69 Å². The predicted octanol–water partition coefficient (Wildman–Crippen LogP) is 1.70. The Morgan fingerprint density at radius 3 is 2.81 bits per heavy atom. The number of hydrogen-bond acceptors (Lipinski definition) is 6. The highest BCUT2D eigenvalue weighted by Crippen LogP contribution is 2.23. The number of piperazine rings is 1. The fourth-order valence-electron chi connectivity index (χ4n) is 3.50. The molecule has 26 heavy (non-hydrogen) atoms. The lowest BCUT2D eigenvalue weighted by molar-refractivity contribution is 0.195. The number of hydrogen-bond donors (Lipinski definition) is 1. The Morgan fingerprint density at radius 2 is 2.00 bits per heavy atom. The zero-order valence-corrected chi connectivity index (χ0v) is 15.0. The Labute approximate surface area is 152 Å². The monoisotopic (exact) mass is 352 g/mol. The number of nitrogens with zero attached hydrogens (tertiary/aromatic N) is 6. The summed E-state index contributed by atoms with van der Waals surface area (Å²) in [5, 5.41) is 14.4. The third-order valence-corrected chi connectivity index (χ3v) is 5.09. The largest absolute Gasteiger partial charge is 0.394 e. The molecule has 1 N–H and O–H groups in total. The fraction of sp³-hybridized carbons (Fsp3) is 0.421. The van der Waals surface area contributed by atoms with Crippen LogP contribution in [0.5, 0.6) is 0 Å². The molecule has 1 aliphatic heterocycles. The van der Waals surface area contributed by atoms with Crippen molar-refractivity contribution < 1.29 is 5.11 Å². The van der Waals surface area contributed by atoms with E-state index in [1.165, 1.54) is 0 Å². The first-order chi connectivity index (χ1) is 12.7. The van der Waals surface area contributed by atoms with Gasteiger partial charge in [0.1, 0.15) is 0 Å². The van der Waals surface area contributed by atoms with Gasteiger partial charge in [-0.25, -0.2) is 9.97 Å². The van der Waals surface area contributed by atoms with E-state index in [-0.39, 0.29) is 12.6 Å². The van der Waals surface area contributed by atoms with Crippen molar-refractivity contribution >= 4 is 16.7 Å². The van der Waals surface area contributed by atoms with Crippen LogP contribution in [0.3, 0.4) is 0 Å². The molecule has 7 nitrogen and oxygen atoms in total. The molecule has 1 aliphatic rings. The molecule has 0 aliphatic carbocycles. The van der Waals surface area contributed by atoms with Crippen LogP contribution in [-0.2, 0) is 6.54 Å². The molecule has 0 bridgehead atoms. The third kappa shape index (κ3) is 3.40. The summed E-state index contributed by atoms with van der Waals surface area (Å²) in [7, 11) is 0. The quantitative estimate of drug-likeness (QED) is 0.754. The summed E-state index contributed by atoms with van der Waals surface area (Å²) in [6.07, 6.45) is 5.68. The molecule has 3 aromatic rings. The third-order valence-electron chi connectivity index (χ3n) is 5.09. The van der Waals surface area contributed by atoms with E-state index >= 15 is 0 Å². The maximum Gasteiger partial charge on any atom is 0.159 e. The van der Waals surface area contributed by atoms with Crippen LogP contribution in [0.2, 0.25) is 0 Å². The van der Waals surface area contributed by atoms with Crippen LogP contribution in [0.1, 0.15) is 18.7 Å². The molecular formula is C19H24N6O. The molecule has 0 radical (unpaired) electrons. The number of aromatic nitrogens is 4. The lowest BCUT2D eigenvalue weighted by Crippen LogP contribution is -2.47. The summed E-state index contributed by atoms with van der Waals surface area (Å²) in [5.74, 6) is 0. The zero-order valence-electron chi connectivity index (χ0n) is 15.0. The van der Waals surface area contributed by atoms with E-state index in [1.807, 2.05) is 24.5 Å². The highest BCUT2D eigenvalue weighted by Gasteiger charge is 2.23. The molecule has 1 saturated heterocycles. The molecule has 3 aromatic heterocycles.